The van der Waals surface area contributed by atoms with Crippen LogP contribution >= 0.6 is 11.6 Å². The molecule has 24 heavy (non-hydrogen) atoms. The van der Waals surface area contributed by atoms with Crippen LogP contribution in [0.2, 0.25) is 5.02 Å². The van der Waals surface area contributed by atoms with Crippen molar-refractivity contribution >= 4 is 11.6 Å². The second kappa shape index (κ2) is 6.47. The Balaban J connectivity index is 1.46. The molecule has 128 valence electrons. The number of nitrogens with zero attached hydrogens (tertiary/aromatic N) is 4. The van der Waals surface area contributed by atoms with Gasteiger partial charge in [0.2, 0.25) is 0 Å². The predicted octanol–water partition coefficient (Wildman–Crippen LogP) is 2.59. The fourth-order valence-corrected chi connectivity index (χ4v) is 4.54. The molecule has 2 heterocycles. The summed E-state index contributed by atoms with van der Waals surface area (Å²) in [5, 5.41) is 9.07. The standard InChI is InChI=1S/C18H24ClN5/c19-15-3-1-2-14(10-15)18(12-20)6-4-16(5-7-18)23-8-9-24-13-21-22-17(24)11-23/h1-3,10,13,16H,4-9,11-12,20H2. The monoisotopic (exact) mass is 345 g/mol. The van der Waals surface area contributed by atoms with Crippen molar-refractivity contribution in [3.05, 3.63) is 47.0 Å². The second-order valence-corrected chi connectivity index (χ2v) is 7.57. The van der Waals surface area contributed by atoms with Crippen LogP contribution in [0.1, 0.15) is 37.1 Å². The van der Waals surface area contributed by atoms with E-state index in [1.54, 1.807) is 0 Å². The first-order chi connectivity index (χ1) is 11.7. The summed E-state index contributed by atoms with van der Waals surface area (Å²) in [7, 11) is 0. The molecule has 1 fully saturated rings. The molecule has 6 heteroatoms. The van der Waals surface area contributed by atoms with Crippen molar-refractivity contribution in [2.24, 2.45) is 5.73 Å². The number of fused-ring (bicyclic) bond motifs is 1. The molecule has 0 amide bonds. The van der Waals surface area contributed by atoms with E-state index >= 15 is 0 Å². The van der Waals surface area contributed by atoms with E-state index in [0.717, 1.165) is 43.3 Å². The lowest BCUT2D eigenvalue weighted by Gasteiger charge is -2.44. The third kappa shape index (κ3) is 2.85. The molecule has 1 aliphatic heterocycles. The van der Waals surface area contributed by atoms with Crippen LogP contribution in [0, 0.1) is 0 Å². The Hall–Kier alpha value is -1.43. The minimum atomic E-state index is 0.0806. The first-order valence-electron chi connectivity index (χ1n) is 8.77. The summed E-state index contributed by atoms with van der Waals surface area (Å²) >= 11 is 6.21. The predicted molar refractivity (Wildman–Crippen MR) is 94.9 cm³/mol. The molecular formula is C18H24ClN5. The van der Waals surface area contributed by atoms with Gasteiger partial charge in [-0.1, -0.05) is 23.7 Å². The molecule has 0 bridgehead atoms. The highest BCUT2D eigenvalue weighted by molar-refractivity contribution is 6.30. The third-order valence-electron chi connectivity index (χ3n) is 5.92. The molecule has 1 aromatic carbocycles. The molecule has 0 saturated heterocycles. The zero-order chi connectivity index (χ0) is 16.6. The quantitative estimate of drug-likeness (QED) is 0.928. The van der Waals surface area contributed by atoms with E-state index in [1.165, 1.54) is 18.4 Å². The maximum Gasteiger partial charge on any atom is 0.147 e. The first-order valence-corrected chi connectivity index (χ1v) is 9.15. The van der Waals surface area contributed by atoms with E-state index in [0.29, 0.717) is 12.6 Å². The lowest BCUT2D eigenvalue weighted by Crippen LogP contribution is -2.47. The fourth-order valence-electron chi connectivity index (χ4n) is 4.35. The molecule has 2 N–H and O–H groups in total. The van der Waals surface area contributed by atoms with Crippen molar-refractivity contribution < 1.29 is 0 Å². The van der Waals surface area contributed by atoms with Crippen molar-refractivity contribution in [2.45, 2.75) is 50.2 Å². The van der Waals surface area contributed by atoms with Gasteiger partial charge in [-0.15, -0.1) is 10.2 Å². The zero-order valence-corrected chi connectivity index (χ0v) is 14.6. The van der Waals surface area contributed by atoms with Gasteiger partial charge in [-0.25, -0.2) is 0 Å². The zero-order valence-electron chi connectivity index (χ0n) is 13.9. The van der Waals surface area contributed by atoms with Gasteiger partial charge in [-0.2, -0.15) is 0 Å². The van der Waals surface area contributed by atoms with E-state index < -0.39 is 0 Å². The summed E-state index contributed by atoms with van der Waals surface area (Å²) in [5.74, 6) is 1.09. The van der Waals surface area contributed by atoms with Crippen LogP contribution in [0.3, 0.4) is 0 Å². The van der Waals surface area contributed by atoms with Gasteiger partial charge in [0, 0.05) is 36.1 Å². The molecule has 0 unspecified atom stereocenters. The minimum absolute atomic E-state index is 0.0806. The summed E-state index contributed by atoms with van der Waals surface area (Å²) in [6.07, 6.45) is 6.44. The largest absolute Gasteiger partial charge is 0.330 e. The first kappa shape index (κ1) is 16.1. The summed E-state index contributed by atoms with van der Waals surface area (Å²) in [5.41, 5.74) is 7.60. The number of aromatic nitrogens is 3. The molecule has 4 rings (SSSR count). The smallest absolute Gasteiger partial charge is 0.147 e. The van der Waals surface area contributed by atoms with Crippen LogP contribution in [0.5, 0.6) is 0 Å². The molecule has 0 radical (unpaired) electrons. The van der Waals surface area contributed by atoms with Crippen LogP contribution in [-0.2, 0) is 18.5 Å². The number of halogens is 1. The lowest BCUT2D eigenvalue weighted by molar-refractivity contribution is 0.0975. The van der Waals surface area contributed by atoms with Crippen molar-refractivity contribution in [1.82, 2.24) is 19.7 Å². The number of benzene rings is 1. The lowest BCUT2D eigenvalue weighted by atomic mass is 9.68. The van der Waals surface area contributed by atoms with Crippen LogP contribution < -0.4 is 5.73 Å². The normalized spacial score (nSPS) is 27.8. The molecule has 2 aliphatic rings. The molecule has 2 aromatic rings. The van der Waals surface area contributed by atoms with Gasteiger partial charge in [-0.05, 0) is 43.4 Å². The van der Waals surface area contributed by atoms with Gasteiger partial charge in [0.05, 0.1) is 6.54 Å². The molecule has 5 nitrogen and oxygen atoms in total. The van der Waals surface area contributed by atoms with Crippen LogP contribution in [0.4, 0.5) is 0 Å². The Morgan fingerprint density at radius 3 is 2.83 bits per heavy atom. The number of hydrogen-bond donors (Lipinski definition) is 1. The molecule has 1 aromatic heterocycles. The molecular weight excluding hydrogens is 322 g/mol. The van der Waals surface area contributed by atoms with Crippen molar-refractivity contribution in [2.75, 3.05) is 13.1 Å². The Kier molecular flexibility index (Phi) is 4.33. The Labute approximate surface area is 147 Å². The molecule has 0 spiro atoms. The Bertz CT molecular complexity index is 705. The van der Waals surface area contributed by atoms with Crippen LogP contribution in [0.25, 0.3) is 0 Å². The summed E-state index contributed by atoms with van der Waals surface area (Å²) in [6, 6.07) is 8.87. The minimum Gasteiger partial charge on any atom is -0.330 e. The van der Waals surface area contributed by atoms with E-state index in [1.807, 2.05) is 18.5 Å². The highest BCUT2D eigenvalue weighted by atomic mass is 35.5. The van der Waals surface area contributed by atoms with E-state index in [9.17, 15) is 0 Å². The second-order valence-electron chi connectivity index (χ2n) is 7.14. The number of hydrogen-bond acceptors (Lipinski definition) is 4. The summed E-state index contributed by atoms with van der Waals surface area (Å²) in [4.78, 5) is 2.57. The maximum atomic E-state index is 6.22. The topological polar surface area (TPSA) is 60.0 Å². The highest BCUT2D eigenvalue weighted by Gasteiger charge is 2.38. The molecule has 1 aliphatic carbocycles. The average molecular weight is 346 g/mol. The van der Waals surface area contributed by atoms with Crippen molar-refractivity contribution in [3.63, 3.8) is 0 Å². The van der Waals surface area contributed by atoms with Crippen molar-refractivity contribution in [3.8, 4) is 0 Å². The third-order valence-corrected chi connectivity index (χ3v) is 6.16. The van der Waals surface area contributed by atoms with E-state index in [4.69, 9.17) is 17.3 Å². The van der Waals surface area contributed by atoms with Gasteiger partial charge in [0.15, 0.2) is 0 Å². The summed E-state index contributed by atoms with van der Waals surface area (Å²) < 4.78 is 2.16. The summed E-state index contributed by atoms with van der Waals surface area (Å²) in [6.45, 7) is 3.68. The highest BCUT2D eigenvalue weighted by Crippen LogP contribution is 2.41. The Morgan fingerprint density at radius 2 is 2.08 bits per heavy atom. The Morgan fingerprint density at radius 1 is 1.25 bits per heavy atom. The van der Waals surface area contributed by atoms with Crippen LogP contribution in [-0.4, -0.2) is 38.8 Å². The SMILES string of the molecule is NCC1(c2cccc(Cl)c2)CCC(N2CCn3cnnc3C2)CC1. The van der Waals surface area contributed by atoms with Crippen LogP contribution in [0.15, 0.2) is 30.6 Å². The average Bonchev–Trinajstić information content (AvgIpc) is 3.09. The van der Waals surface area contributed by atoms with Gasteiger partial charge < -0.3 is 10.3 Å². The van der Waals surface area contributed by atoms with Gasteiger partial charge in [0.1, 0.15) is 12.2 Å². The maximum absolute atomic E-state index is 6.22. The molecule has 0 atom stereocenters. The molecule has 1 saturated carbocycles. The van der Waals surface area contributed by atoms with Gasteiger partial charge >= 0.3 is 0 Å². The van der Waals surface area contributed by atoms with E-state index in [-0.39, 0.29) is 5.41 Å². The van der Waals surface area contributed by atoms with E-state index in [2.05, 4.69) is 31.8 Å². The van der Waals surface area contributed by atoms with Gasteiger partial charge in [0.25, 0.3) is 0 Å². The number of nitrogens with two attached hydrogens (primary N) is 1. The van der Waals surface area contributed by atoms with Crippen molar-refractivity contribution in [1.29, 1.82) is 0 Å². The number of rotatable bonds is 3. The van der Waals surface area contributed by atoms with Gasteiger partial charge in [-0.3, -0.25) is 4.90 Å². The fraction of sp³-hybridized carbons (Fsp3) is 0.556.